The molecule has 0 saturated heterocycles. The zero-order valence-corrected chi connectivity index (χ0v) is 12.1. The molecule has 2 N–H and O–H groups in total. The molecule has 2 rings (SSSR count). The van der Waals surface area contributed by atoms with Crippen LogP contribution in [0.2, 0.25) is 0 Å². The van der Waals surface area contributed by atoms with Crippen LogP contribution in [0.15, 0.2) is 35.1 Å². The quantitative estimate of drug-likeness (QED) is 0.730. The fourth-order valence-corrected chi connectivity index (χ4v) is 1.82. The third kappa shape index (κ3) is 4.91. The van der Waals surface area contributed by atoms with Gasteiger partial charge >= 0.3 is 0 Å². The van der Waals surface area contributed by atoms with Crippen LogP contribution < -0.4 is 10.6 Å². The van der Waals surface area contributed by atoms with E-state index in [1.807, 2.05) is 12.1 Å². The van der Waals surface area contributed by atoms with E-state index in [0.29, 0.717) is 24.7 Å². The lowest BCUT2D eigenvalue weighted by Crippen LogP contribution is -2.25. The molecule has 0 radical (unpaired) electrons. The van der Waals surface area contributed by atoms with Crippen LogP contribution in [0.25, 0.3) is 0 Å². The minimum absolute atomic E-state index is 0.172. The summed E-state index contributed by atoms with van der Waals surface area (Å²) in [4.78, 5) is 20.2. The monoisotopic (exact) mass is 288 g/mol. The Morgan fingerprint density at radius 1 is 1.33 bits per heavy atom. The van der Waals surface area contributed by atoms with Crippen molar-refractivity contribution in [3.05, 3.63) is 42.1 Å². The second-order valence-corrected chi connectivity index (χ2v) is 4.66. The maximum Gasteiger partial charge on any atom is 0.270 e. The van der Waals surface area contributed by atoms with Gasteiger partial charge in [0.2, 0.25) is 5.95 Å². The standard InChI is InChI=1S/C15H20N4O2/c1-2-3-4-8-16-14(20)13-7-9-17-15(19-13)18-11-12-6-5-10-21-12/h5-7,9-10H,2-4,8,11H2,1H3,(H,16,20)(H,17,18,19). The molecule has 0 saturated carbocycles. The lowest BCUT2D eigenvalue weighted by molar-refractivity contribution is 0.0948. The molecule has 6 nitrogen and oxygen atoms in total. The van der Waals surface area contributed by atoms with Crippen molar-refractivity contribution in [2.24, 2.45) is 0 Å². The average molecular weight is 288 g/mol. The highest BCUT2D eigenvalue weighted by molar-refractivity contribution is 5.92. The number of furan rings is 1. The Hall–Kier alpha value is -2.37. The number of anilines is 1. The van der Waals surface area contributed by atoms with Crippen LogP contribution in [-0.4, -0.2) is 22.4 Å². The summed E-state index contributed by atoms with van der Waals surface area (Å²) in [6.07, 6.45) is 6.40. The fraction of sp³-hybridized carbons (Fsp3) is 0.400. The Bertz CT molecular complexity index is 555. The van der Waals surface area contributed by atoms with E-state index in [-0.39, 0.29) is 5.91 Å². The molecule has 0 aliphatic carbocycles. The summed E-state index contributed by atoms with van der Waals surface area (Å²) >= 11 is 0. The summed E-state index contributed by atoms with van der Waals surface area (Å²) in [5.41, 5.74) is 0.364. The summed E-state index contributed by atoms with van der Waals surface area (Å²) in [5, 5.41) is 5.88. The van der Waals surface area contributed by atoms with Crippen molar-refractivity contribution in [2.45, 2.75) is 32.7 Å². The number of unbranched alkanes of at least 4 members (excludes halogenated alkanes) is 2. The van der Waals surface area contributed by atoms with Gasteiger partial charge < -0.3 is 15.1 Å². The first-order valence-electron chi connectivity index (χ1n) is 7.17. The average Bonchev–Trinajstić information content (AvgIpc) is 3.03. The molecular weight excluding hydrogens is 268 g/mol. The van der Waals surface area contributed by atoms with Gasteiger partial charge in [-0.2, -0.15) is 0 Å². The largest absolute Gasteiger partial charge is 0.467 e. The van der Waals surface area contributed by atoms with Gasteiger partial charge in [0, 0.05) is 12.7 Å². The number of aromatic nitrogens is 2. The van der Waals surface area contributed by atoms with Gasteiger partial charge in [-0.05, 0) is 24.6 Å². The Balaban J connectivity index is 1.86. The van der Waals surface area contributed by atoms with E-state index >= 15 is 0 Å². The molecule has 2 heterocycles. The van der Waals surface area contributed by atoms with Gasteiger partial charge in [0.05, 0.1) is 12.8 Å². The molecule has 0 aliphatic rings. The molecule has 1 amide bonds. The van der Waals surface area contributed by atoms with Gasteiger partial charge in [-0.25, -0.2) is 9.97 Å². The van der Waals surface area contributed by atoms with E-state index in [0.717, 1.165) is 25.0 Å². The van der Waals surface area contributed by atoms with Crippen LogP contribution in [0.1, 0.15) is 42.4 Å². The van der Waals surface area contributed by atoms with Gasteiger partial charge in [0.25, 0.3) is 5.91 Å². The topological polar surface area (TPSA) is 80.0 Å². The number of amides is 1. The molecule has 2 aromatic rings. The molecule has 0 aliphatic heterocycles. The lowest BCUT2D eigenvalue weighted by Gasteiger charge is -2.06. The van der Waals surface area contributed by atoms with Crippen molar-refractivity contribution >= 4 is 11.9 Å². The molecule has 112 valence electrons. The number of nitrogens with one attached hydrogen (secondary N) is 2. The van der Waals surface area contributed by atoms with E-state index < -0.39 is 0 Å². The van der Waals surface area contributed by atoms with Crippen LogP contribution in [-0.2, 0) is 6.54 Å². The van der Waals surface area contributed by atoms with E-state index in [4.69, 9.17) is 4.42 Å². The molecule has 2 aromatic heterocycles. The number of rotatable bonds is 8. The maximum absolute atomic E-state index is 11.9. The summed E-state index contributed by atoms with van der Waals surface area (Å²) in [6.45, 7) is 3.28. The Labute approximate surface area is 124 Å². The highest BCUT2D eigenvalue weighted by Gasteiger charge is 2.08. The van der Waals surface area contributed by atoms with Crippen LogP contribution in [0, 0.1) is 0 Å². The Morgan fingerprint density at radius 2 is 2.24 bits per heavy atom. The number of hydrogen-bond acceptors (Lipinski definition) is 5. The van der Waals surface area contributed by atoms with E-state index in [1.54, 1.807) is 18.5 Å². The summed E-state index contributed by atoms with van der Waals surface area (Å²) < 4.78 is 5.21. The molecule has 0 spiro atoms. The molecule has 0 fully saturated rings. The molecule has 0 bridgehead atoms. The van der Waals surface area contributed by atoms with Gasteiger partial charge in [0.15, 0.2) is 0 Å². The van der Waals surface area contributed by atoms with Crippen molar-refractivity contribution in [1.29, 1.82) is 0 Å². The Morgan fingerprint density at radius 3 is 3.00 bits per heavy atom. The predicted molar refractivity (Wildman–Crippen MR) is 79.9 cm³/mol. The van der Waals surface area contributed by atoms with Gasteiger partial charge in [-0.1, -0.05) is 19.8 Å². The molecular formula is C15H20N4O2. The zero-order valence-electron chi connectivity index (χ0n) is 12.1. The third-order valence-corrected chi connectivity index (χ3v) is 2.95. The zero-order chi connectivity index (χ0) is 14.9. The SMILES string of the molecule is CCCCCNC(=O)c1ccnc(NCc2ccco2)n1. The van der Waals surface area contributed by atoms with Gasteiger partial charge in [0.1, 0.15) is 11.5 Å². The van der Waals surface area contributed by atoms with Crippen LogP contribution in [0.4, 0.5) is 5.95 Å². The summed E-state index contributed by atoms with van der Waals surface area (Å²) in [7, 11) is 0. The molecule has 21 heavy (non-hydrogen) atoms. The second kappa shape index (κ2) is 8.04. The third-order valence-electron chi connectivity index (χ3n) is 2.95. The number of nitrogens with zero attached hydrogens (tertiary/aromatic N) is 2. The van der Waals surface area contributed by atoms with Crippen LogP contribution >= 0.6 is 0 Å². The first-order chi connectivity index (χ1) is 10.3. The first kappa shape index (κ1) is 15.0. The normalized spacial score (nSPS) is 10.3. The summed E-state index contributed by atoms with van der Waals surface area (Å²) in [6, 6.07) is 5.28. The van der Waals surface area contributed by atoms with Crippen molar-refractivity contribution in [3.63, 3.8) is 0 Å². The van der Waals surface area contributed by atoms with Crippen molar-refractivity contribution in [3.8, 4) is 0 Å². The minimum atomic E-state index is -0.172. The van der Waals surface area contributed by atoms with Crippen LogP contribution in [0.3, 0.4) is 0 Å². The van der Waals surface area contributed by atoms with Gasteiger partial charge in [-0.15, -0.1) is 0 Å². The fourth-order valence-electron chi connectivity index (χ4n) is 1.82. The highest BCUT2D eigenvalue weighted by atomic mass is 16.3. The van der Waals surface area contributed by atoms with E-state index in [2.05, 4.69) is 27.5 Å². The second-order valence-electron chi connectivity index (χ2n) is 4.66. The highest BCUT2D eigenvalue weighted by Crippen LogP contribution is 2.05. The molecule has 0 atom stereocenters. The van der Waals surface area contributed by atoms with Gasteiger partial charge in [-0.3, -0.25) is 4.79 Å². The first-order valence-corrected chi connectivity index (χ1v) is 7.17. The summed E-state index contributed by atoms with van der Waals surface area (Å²) in [5.74, 6) is 1.02. The molecule has 0 unspecified atom stereocenters. The number of carbonyl (C=O) groups is 1. The predicted octanol–water partition coefficient (Wildman–Crippen LogP) is 2.60. The number of carbonyl (C=O) groups excluding carboxylic acids is 1. The van der Waals surface area contributed by atoms with Crippen LogP contribution in [0.5, 0.6) is 0 Å². The van der Waals surface area contributed by atoms with Crippen molar-refractivity contribution < 1.29 is 9.21 Å². The lowest BCUT2D eigenvalue weighted by atomic mass is 10.2. The minimum Gasteiger partial charge on any atom is -0.467 e. The van der Waals surface area contributed by atoms with Crippen molar-refractivity contribution in [1.82, 2.24) is 15.3 Å². The van der Waals surface area contributed by atoms with Crippen molar-refractivity contribution in [2.75, 3.05) is 11.9 Å². The van der Waals surface area contributed by atoms with E-state index in [9.17, 15) is 4.79 Å². The smallest absolute Gasteiger partial charge is 0.270 e. The maximum atomic E-state index is 11.9. The van der Waals surface area contributed by atoms with E-state index in [1.165, 1.54) is 0 Å². The molecule has 6 heteroatoms. The molecule has 0 aromatic carbocycles. The number of hydrogen-bond donors (Lipinski definition) is 2. The Kier molecular flexibility index (Phi) is 5.75.